The molecule has 0 aliphatic carbocycles. The van der Waals surface area contributed by atoms with Crippen LogP contribution in [0.25, 0.3) is 0 Å². The largest absolute Gasteiger partial charge is 0.376 e. The third-order valence-electron chi connectivity index (χ3n) is 3.27. The molecule has 1 atom stereocenters. The molecule has 1 unspecified atom stereocenters. The second-order valence-electron chi connectivity index (χ2n) is 4.95. The number of aromatic nitrogens is 1. The van der Waals surface area contributed by atoms with E-state index in [1.165, 1.54) is 6.07 Å². The Morgan fingerprint density at radius 2 is 2.10 bits per heavy atom. The van der Waals surface area contributed by atoms with Crippen molar-refractivity contribution in [3.8, 4) is 0 Å². The van der Waals surface area contributed by atoms with Gasteiger partial charge >= 0.3 is 0 Å². The Morgan fingerprint density at radius 1 is 1.30 bits per heavy atom. The quantitative estimate of drug-likeness (QED) is 0.897. The van der Waals surface area contributed by atoms with Crippen LogP contribution >= 0.6 is 0 Å². The molecule has 0 aliphatic rings. The SMILES string of the molecule is CCC(Nc1cnccc1N(C)C)c1cccc(F)c1. The zero-order valence-corrected chi connectivity index (χ0v) is 12.1. The minimum absolute atomic E-state index is 0.0635. The number of hydrogen-bond donors (Lipinski definition) is 1. The van der Waals surface area contributed by atoms with E-state index in [1.54, 1.807) is 24.5 Å². The van der Waals surface area contributed by atoms with E-state index in [1.807, 2.05) is 31.1 Å². The van der Waals surface area contributed by atoms with E-state index >= 15 is 0 Å². The number of pyridine rings is 1. The fourth-order valence-electron chi connectivity index (χ4n) is 2.22. The molecule has 0 amide bonds. The van der Waals surface area contributed by atoms with Crippen LogP contribution in [0.3, 0.4) is 0 Å². The maximum Gasteiger partial charge on any atom is 0.123 e. The maximum absolute atomic E-state index is 13.4. The van der Waals surface area contributed by atoms with Crippen LogP contribution in [0, 0.1) is 5.82 Å². The molecule has 1 aromatic heterocycles. The van der Waals surface area contributed by atoms with Crippen molar-refractivity contribution >= 4 is 11.4 Å². The Morgan fingerprint density at radius 3 is 2.75 bits per heavy atom. The van der Waals surface area contributed by atoms with Crippen LogP contribution < -0.4 is 10.2 Å². The zero-order chi connectivity index (χ0) is 14.5. The van der Waals surface area contributed by atoms with Crippen LogP contribution in [-0.4, -0.2) is 19.1 Å². The molecule has 1 N–H and O–H groups in total. The van der Waals surface area contributed by atoms with Gasteiger partial charge in [0, 0.05) is 20.3 Å². The summed E-state index contributed by atoms with van der Waals surface area (Å²) < 4.78 is 13.4. The topological polar surface area (TPSA) is 28.2 Å². The van der Waals surface area contributed by atoms with Crippen LogP contribution in [0.4, 0.5) is 15.8 Å². The Kier molecular flexibility index (Phi) is 4.56. The number of nitrogens with one attached hydrogen (secondary N) is 1. The Labute approximate surface area is 119 Å². The van der Waals surface area contributed by atoms with Crippen LogP contribution in [0.1, 0.15) is 24.9 Å². The Hall–Kier alpha value is -2.10. The average Bonchev–Trinajstić information content (AvgIpc) is 2.45. The third-order valence-corrected chi connectivity index (χ3v) is 3.27. The molecule has 2 aromatic rings. The van der Waals surface area contributed by atoms with Crippen molar-refractivity contribution in [1.29, 1.82) is 0 Å². The normalized spacial score (nSPS) is 12.0. The van der Waals surface area contributed by atoms with E-state index in [-0.39, 0.29) is 11.9 Å². The van der Waals surface area contributed by atoms with Gasteiger partial charge in [-0.1, -0.05) is 19.1 Å². The molecule has 0 bridgehead atoms. The summed E-state index contributed by atoms with van der Waals surface area (Å²) in [6, 6.07) is 8.74. The molecule has 3 nitrogen and oxygen atoms in total. The average molecular weight is 273 g/mol. The highest BCUT2D eigenvalue weighted by molar-refractivity contribution is 5.68. The molecule has 20 heavy (non-hydrogen) atoms. The van der Waals surface area contributed by atoms with Crippen molar-refractivity contribution in [3.63, 3.8) is 0 Å². The van der Waals surface area contributed by atoms with Crippen LogP contribution in [-0.2, 0) is 0 Å². The van der Waals surface area contributed by atoms with Gasteiger partial charge in [0.2, 0.25) is 0 Å². The summed E-state index contributed by atoms with van der Waals surface area (Å²) in [5.41, 5.74) is 2.96. The first-order chi connectivity index (χ1) is 9.61. The minimum atomic E-state index is -0.207. The number of hydrogen-bond acceptors (Lipinski definition) is 3. The molecule has 4 heteroatoms. The lowest BCUT2D eigenvalue weighted by Gasteiger charge is -2.23. The van der Waals surface area contributed by atoms with E-state index in [4.69, 9.17) is 0 Å². The molecule has 1 heterocycles. The second-order valence-corrected chi connectivity index (χ2v) is 4.95. The summed E-state index contributed by atoms with van der Waals surface area (Å²) in [5.74, 6) is -0.207. The summed E-state index contributed by atoms with van der Waals surface area (Å²) >= 11 is 0. The Balaban J connectivity index is 2.27. The van der Waals surface area contributed by atoms with Gasteiger partial charge in [0.15, 0.2) is 0 Å². The first kappa shape index (κ1) is 14.3. The summed E-state index contributed by atoms with van der Waals surface area (Å²) in [5, 5.41) is 3.45. The lowest BCUT2D eigenvalue weighted by atomic mass is 10.0. The predicted octanol–water partition coefficient (Wildman–Crippen LogP) is 3.85. The van der Waals surface area contributed by atoms with E-state index in [0.29, 0.717) is 0 Å². The van der Waals surface area contributed by atoms with E-state index in [0.717, 1.165) is 23.4 Å². The van der Waals surface area contributed by atoms with Gasteiger partial charge in [-0.05, 0) is 30.2 Å². The molecule has 106 valence electrons. The number of rotatable bonds is 5. The van der Waals surface area contributed by atoms with E-state index in [9.17, 15) is 4.39 Å². The molecule has 0 spiro atoms. The number of halogens is 1. The van der Waals surface area contributed by atoms with Crippen molar-refractivity contribution in [2.45, 2.75) is 19.4 Å². The highest BCUT2D eigenvalue weighted by Gasteiger charge is 2.12. The molecule has 0 saturated heterocycles. The molecular formula is C16H20FN3. The standard InChI is InChI=1S/C16H20FN3/c1-4-14(12-6-5-7-13(17)10-12)19-15-11-18-9-8-16(15)20(2)3/h5-11,14,19H,4H2,1-3H3. The minimum Gasteiger partial charge on any atom is -0.376 e. The maximum atomic E-state index is 13.4. The van der Waals surface area contributed by atoms with Gasteiger partial charge in [-0.25, -0.2) is 4.39 Å². The van der Waals surface area contributed by atoms with Crippen LogP contribution in [0.2, 0.25) is 0 Å². The van der Waals surface area contributed by atoms with Crippen molar-refractivity contribution in [2.24, 2.45) is 0 Å². The molecule has 0 radical (unpaired) electrons. The molecule has 0 fully saturated rings. The summed E-state index contributed by atoms with van der Waals surface area (Å²) in [6.07, 6.45) is 4.44. The number of anilines is 2. The van der Waals surface area contributed by atoms with Gasteiger partial charge in [0.1, 0.15) is 5.82 Å². The van der Waals surface area contributed by atoms with Crippen molar-refractivity contribution in [2.75, 3.05) is 24.3 Å². The summed E-state index contributed by atoms with van der Waals surface area (Å²) in [7, 11) is 3.98. The van der Waals surface area contributed by atoms with Crippen molar-refractivity contribution < 1.29 is 4.39 Å². The van der Waals surface area contributed by atoms with Crippen molar-refractivity contribution in [3.05, 3.63) is 54.1 Å². The van der Waals surface area contributed by atoms with E-state index < -0.39 is 0 Å². The van der Waals surface area contributed by atoms with Crippen molar-refractivity contribution in [1.82, 2.24) is 4.98 Å². The lowest BCUT2D eigenvalue weighted by molar-refractivity contribution is 0.621. The zero-order valence-electron chi connectivity index (χ0n) is 12.1. The molecule has 0 saturated carbocycles. The third kappa shape index (κ3) is 3.26. The molecular weight excluding hydrogens is 253 g/mol. The lowest BCUT2D eigenvalue weighted by Crippen LogP contribution is -2.15. The predicted molar refractivity (Wildman–Crippen MR) is 81.6 cm³/mol. The highest BCUT2D eigenvalue weighted by atomic mass is 19.1. The Bertz CT molecular complexity index is 569. The van der Waals surface area contributed by atoms with E-state index in [2.05, 4.69) is 17.2 Å². The van der Waals surface area contributed by atoms with Gasteiger partial charge in [0.25, 0.3) is 0 Å². The van der Waals surface area contributed by atoms with Gasteiger partial charge < -0.3 is 10.2 Å². The van der Waals surface area contributed by atoms with Crippen LogP contribution in [0.15, 0.2) is 42.7 Å². The second kappa shape index (κ2) is 6.37. The van der Waals surface area contributed by atoms with Gasteiger partial charge in [0.05, 0.1) is 23.6 Å². The van der Waals surface area contributed by atoms with Gasteiger partial charge in [-0.2, -0.15) is 0 Å². The smallest absolute Gasteiger partial charge is 0.123 e. The van der Waals surface area contributed by atoms with Crippen LogP contribution in [0.5, 0.6) is 0 Å². The van der Waals surface area contributed by atoms with Gasteiger partial charge in [-0.3, -0.25) is 4.98 Å². The first-order valence-corrected chi connectivity index (χ1v) is 6.75. The fourth-order valence-corrected chi connectivity index (χ4v) is 2.22. The summed E-state index contributed by atoms with van der Waals surface area (Å²) in [4.78, 5) is 6.19. The first-order valence-electron chi connectivity index (χ1n) is 6.75. The molecule has 2 rings (SSSR count). The van der Waals surface area contributed by atoms with Gasteiger partial charge in [-0.15, -0.1) is 0 Å². The highest BCUT2D eigenvalue weighted by Crippen LogP contribution is 2.28. The number of benzene rings is 1. The molecule has 1 aromatic carbocycles. The fraction of sp³-hybridized carbons (Fsp3) is 0.312. The number of nitrogens with zero attached hydrogens (tertiary/aromatic N) is 2. The monoisotopic (exact) mass is 273 g/mol. The molecule has 0 aliphatic heterocycles. The summed E-state index contributed by atoms with van der Waals surface area (Å²) in [6.45, 7) is 2.08.